The number of aliphatic imine (C=N–C) groups is 1. The van der Waals surface area contributed by atoms with E-state index in [0.717, 1.165) is 41.9 Å². The molecule has 0 aromatic heterocycles. The monoisotopic (exact) mass is 1110 g/mol. The molecular formula is C79H108N4. The van der Waals surface area contributed by atoms with Crippen LogP contribution >= 0.6 is 0 Å². The van der Waals surface area contributed by atoms with E-state index in [9.17, 15) is 0 Å². The summed E-state index contributed by atoms with van der Waals surface area (Å²) < 4.78 is 0. The van der Waals surface area contributed by atoms with E-state index in [0.29, 0.717) is 17.8 Å². The number of nitrogens with two attached hydrogens (primary N) is 1. The molecule has 4 nitrogen and oxygen atoms in total. The molecule has 0 amide bonds. The van der Waals surface area contributed by atoms with Crippen LogP contribution in [-0.4, -0.2) is 24.8 Å². The Kier molecular flexibility index (Phi) is 39.0. The van der Waals surface area contributed by atoms with Gasteiger partial charge in [0, 0.05) is 37.0 Å². The summed E-state index contributed by atoms with van der Waals surface area (Å²) in [5.41, 5.74) is 15.0. The van der Waals surface area contributed by atoms with Crippen molar-refractivity contribution in [3.63, 3.8) is 0 Å². The number of allylic oxidation sites excluding steroid dienone is 13. The van der Waals surface area contributed by atoms with Crippen molar-refractivity contribution in [3.05, 3.63) is 271 Å². The summed E-state index contributed by atoms with van der Waals surface area (Å²) in [5, 5.41) is 11.5. The topological polar surface area (TPSA) is 53.6 Å². The first-order chi connectivity index (χ1) is 39.9. The molecule has 0 heterocycles. The zero-order chi connectivity index (χ0) is 60.5. The highest BCUT2D eigenvalue weighted by Crippen LogP contribution is 2.37. The smallest absolute Gasteiger partial charge is 0.132 e. The fourth-order valence-corrected chi connectivity index (χ4v) is 9.34. The van der Waals surface area contributed by atoms with Gasteiger partial charge >= 0.3 is 0 Å². The highest BCUT2D eigenvalue weighted by Gasteiger charge is 2.16. The van der Waals surface area contributed by atoms with Crippen LogP contribution in [-0.2, 0) is 0 Å². The summed E-state index contributed by atoms with van der Waals surface area (Å²) in [4.78, 5) is 6.62. The van der Waals surface area contributed by atoms with Crippen LogP contribution < -0.4 is 11.1 Å². The van der Waals surface area contributed by atoms with Gasteiger partial charge in [-0.25, -0.2) is 4.99 Å². The van der Waals surface area contributed by atoms with Crippen LogP contribution in [0.25, 0.3) is 32.3 Å². The number of hydrogen-bond donors (Lipinski definition) is 2. The second-order valence-corrected chi connectivity index (χ2v) is 20.3. The molecule has 4 unspecified atom stereocenters. The minimum atomic E-state index is -0.348. The largest absolute Gasteiger partial charge is 0.362 e. The molecule has 7 aromatic carbocycles. The molecule has 0 aliphatic heterocycles. The van der Waals surface area contributed by atoms with E-state index in [1.807, 2.05) is 132 Å². The third kappa shape index (κ3) is 26.1. The first kappa shape index (κ1) is 73.5. The summed E-state index contributed by atoms with van der Waals surface area (Å²) in [6.07, 6.45) is 30.9. The fourth-order valence-electron chi connectivity index (χ4n) is 9.34. The number of benzene rings is 7. The predicted molar refractivity (Wildman–Crippen MR) is 378 cm³/mol. The van der Waals surface area contributed by atoms with Gasteiger partial charge in [-0.2, -0.15) is 0 Å². The maximum absolute atomic E-state index is 6.16. The fraction of sp³-hybridized carbons (Fsp3) is 0.329. The third-order valence-corrected chi connectivity index (χ3v) is 13.2. The van der Waals surface area contributed by atoms with Gasteiger partial charge in [0.2, 0.25) is 0 Å². The second-order valence-electron chi connectivity index (χ2n) is 20.3. The minimum absolute atomic E-state index is 0. The van der Waals surface area contributed by atoms with Crippen molar-refractivity contribution in [2.75, 3.05) is 19.4 Å². The zero-order valence-electron chi connectivity index (χ0n) is 53.0. The Labute approximate surface area is 506 Å². The minimum Gasteiger partial charge on any atom is -0.362 e. The van der Waals surface area contributed by atoms with Crippen LogP contribution in [0.1, 0.15) is 164 Å². The van der Waals surface area contributed by atoms with Gasteiger partial charge in [0.25, 0.3) is 0 Å². The van der Waals surface area contributed by atoms with Crippen molar-refractivity contribution < 1.29 is 0 Å². The van der Waals surface area contributed by atoms with Crippen molar-refractivity contribution in [1.82, 2.24) is 4.90 Å². The molecule has 0 saturated carbocycles. The van der Waals surface area contributed by atoms with Crippen LogP contribution in [0, 0.1) is 11.8 Å². The van der Waals surface area contributed by atoms with E-state index < -0.39 is 0 Å². The van der Waals surface area contributed by atoms with Crippen molar-refractivity contribution in [1.29, 1.82) is 0 Å². The maximum atomic E-state index is 6.16. The maximum Gasteiger partial charge on any atom is 0.132 e. The molecule has 0 radical (unpaired) electrons. The lowest BCUT2D eigenvalue weighted by molar-refractivity contribution is 0.526. The lowest BCUT2D eigenvalue weighted by atomic mass is 9.83. The van der Waals surface area contributed by atoms with Crippen LogP contribution in [0.3, 0.4) is 0 Å². The van der Waals surface area contributed by atoms with Crippen molar-refractivity contribution in [3.8, 4) is 0 Å². The molecule has 4 atom stereocenters. The zero-order valence-corrected chi connectivity index (χ0v) is 53.0. The molecule has 4 heteroatoms. The first-order valence-electron chi connectivity index (χ1n) is 30.4. The molecule has 3 N–H and O–H groups in total. The number of nitrogens with one attached hydrogen (secondary N) is 1. The predicted octanol–water partition coefficient (Wildman–Crippen LogP) is 23.6. The highest BCUT2D eigenvalue weighted by atomic mass is 15.2. The molecule has 0 saturated heterocycles. The average molecular weight is 1110 g/mol. The number of para-hydroxylation sites is 1. The summed E-state index contributed by atoms with van der Waals surface area (Å²) >= 11 is 0. The summed E-state index contributed by atoms with van der Waals surface area (Å²) in [7, 11) is 3.95. The van der Waals surface area contributed by atoms with Gasteiger partial charge < -0.3 is 16.0 Å². The van der Waals surface area contributed by atoms with Crippen LogP contribution in [0.5, 0.6) is 0 Å². The Balaban J connectivity index is 0.000000555. The van der Waals surface area contributed by atoms with E-state index in [1.54, 1.807) is 11.6 Å². The molecule has 83 heavy (non-hydrogen) atoms. The van der Waals surface area contributed by atoms with Gasteiger partial charge in [-0.1, -0.05) is 308 Å². The Morgan fingerprint density at radius 3 is 1.70 bits per heavy atom. The normalized spacial score (nSPS) is 13.8. The lowest BCUT2D eigenvalue weighted by Crippen LogP contribution is -2.25. The molecule has 0 fully saturated rings. The molecule has 8 rings (SSSR count). The summed E-state index contributed by atoms with van der Waals surface area (Å²) in [5.74, 6) is 2.67. The number of rotatable bonds is 17. The Bertz CT molecular complexity index is 3040. The van der Waals surface area contributed by atoms with Crippen molar-refractivity contribution in [2.45, 2.75) is 148 Å². The van der Waals surface area contributed by atoms with Crippen molar-refractivity contribution in [2.24, 2.45) is 22.6 Å². The van der Waals surface area contributed by atoms with E-state index in [1.165, 1.54) is 74.8 Å². The van der Waals surface area contributed by atoms with E-state index in [4.69, 9.17) is 5.73 Å². The van der Waals surface area contributed by atoms with Crippen LogP contribution in [0.4, 0.5) is 5.69 Å². The lowest BCUT2D eigenvalue weighted by Gasteiger charge is -2.22. The van der Waals surface area contributed by atoms with Gasteiger partial charge in [0.1, 0.15) is 12.0 Å². The molecule has 1 aliphatic carbocycles. The Hall–Kier alpha value is -7.53. The summed E-state index contributed by atoms with van der Waals surface area (Å²) in [6, 6.07) is 54.8. The number of amidine groups is 1. The van der Waals surface area contributed by atoms with Gasteiger partial charge in [-0.05, 0) is 126 Å². The van der Waals surface area contributed by atoms with Gasteiger partial charge in [0.05, 0.1) is 0 Å². The van der Waals surface area contributed by atoms with Gasteiger partial charge in [0.15, 0.2) is 0 Å². The van der Waals surface area contributed by atoms with Crippen molar-refractivity contribution >= 4 is 43.8 Å². The molecule has 0 spiro atoms. The van der Waals surface area contributed by atoms with Crippen LogP contribution in [0.2, 0.25) is 0 Å². The average Bonchev–Trinajstić information content (AvgIpc) is 2.78. The molecule has 7 aromatic rings. The van der Waals surface area contributed by atoms with E-state index in [2.05, 4.69) is 212 Å². The summed E-state index contributed by atoms with van der Waals surface area (Å²) in [6.45, 7) is 33.2. The molecular weight excluding hydrogens is 1000 g/mol. The third-order valence-electron chi connectivity index (χ3n) is 13.2. The SMILES string of the molecule is C.C/C=C\C(=C/CC(C)CC1=CC=C(C)CC1C)Nc1ccccc1.C=C/C=C\C=C/CC.C=CC(CCC)c1ccc2c3ccccc3c3ccccc3c2c1.CC.CC.CCC.CN(C)/C(=N\C(N)c1ccccc1)c1ccccc1. The first-order valence-corrected chi connectivity index (χ1v) is 30.4. The molecule has 0 bridgehead atoms. The second kappa shape index (κ2) is 44.1. The Morgan fingerprint density at radius 2 is 1.20 bits per heavy atom. The number of hydrogen-bond acceptors (Lipinski definition) is 3. The quantitative estimate of drug-likeness (QED) is 0.0314. The molecule has 1 aliphatic rings. The van der Waals surface area contributed by atoms with E-state index >= 15 is 0 Å². The van der Waals surface area contributed by atoms with Gasteiger partial charge in [-0.15, -0.1) is 6.58 Å². The highest BCUT2D eigenvalue weighted by molar-refractivity contribution is 6.25. The van der Waals surface area contributed by atoms with E-state index in [-0.39, 0.29) is 13.6 Å². The van der Waals surface area contributed by atoms with Crippen LogP contribution in [0.15, 0.2) is 260 Å². The number of anilines is 1. The molecule has 444 valence electrons. The Morgan fingerprint density at radius 1 is 0.687 bits per heavy atom. The standard InChI is InChI=1S/C24H22.C23H31N.C16H19N3.C8H12.C3H8.2C2H6.CH4/c1-3-9-17(4-2)18-14-15-23-21-12-6-5-10-19(21)20-11-7-8-13-22(20)24(23)16-18;1-5-9-22(24-23-10-7-6-8-11-23)15-13-19(3)17-21-14-12-18(2)16-20(21)4;1-19(2)16(14-11-7-4-8-12-14)18-15(17)13-9-5-3-6-10-13;1-3-5-7-8-6-4-2;1-3-2;2*1-2;/h4-8,10-17H,2-3,9H2,1H3;5-12,14-15,19-20,24H,13,16-17H2,1-4H3;3-12,15H,17H2,1-2H3;3,5-8H,1,4H2,2H3;3H2,1-2H3;2*1-2H3;1H4/b;9-5-,22-15+;18-16-;7-5-,8-6-;;;;. The van der Waals surface area contributed by atoms with Gasteiger partial charge in [-0.3, -0.25) is 0 Å². The number of fused-ring (bicyclic) bond motifs is 6. The number of nitrogens with zero attached hydrogens (tertiary/aromatic N) is 2.